The first-order valence-electron chi connectivity index (χ1n) is 7.59. The molecule has 1 nitrogen and oxygen atoms in total. The second-order valence-electron chi connectivity index (χ2n) is 4.89. The molecule has 1 aromatic rings. The van der Waals surface area contributed by atoms with Crippen LogP contribution in [-0.4, -0.2) is 24.2 Å². The molecule has 0 fully saturated rings. The van der Waals surface area contributed by atoms with E-state index in [4.69, 9.17) is 0 Å². The van der Waals surface area contributed by atoms with Gasteiger partial charge in [0.2, 0.25) is 0 Å². The van der Waals surface area contributed by atoms with Gasteiger partial charge in [-0.15, -0.1) is 11.8 Å². The zero-order valence-corrected chi connectivity index (χ0v) is 14.0. The highest BCUT2D eigenvalue weighted by molar-refractivity contribution is 8.03. The van der Waals surface area contributed by atoms with Gasteiger partial charge < -0.3 is 0 Å². The van der Waals surface area contributed by atoms with Gasteiger partial charge >= 0.3 is 0 Å². The Balaban J connectivity index is 2.43. The molecule has 0 radical (unpaired) electrons. The Morgan fingerprint density at radius 2 is 1.81 bits per heavy atom. The smallest absolute Gasteiger partial charge is 0.0613 e. The summed E-state index contributed by atoms with van der Waals surface area (Å²) in [6.45, 7) is 5.02. The van der Waals surface area contributed by atoms with Gasteiger partial charge in [-0.2, -0.15) is 0 Å². The SMILES string of the molecule is CCCC#CCCCN(CC#CSC)Cc1ccccc1. The van der Waals surface area contributed by atoms with Crippen LogP contribution in [-0.2, 0) is 6.54 Å². The van der Waals surface area contributed by atoms with E-state index in [1.807, 2.05) is 6.26 Å². The maximum Gasteiger partial charge on any atom is 0.0613 e. The summed E-state index contributed by atoms with van der Waals surface area (Å²) in [4.78, 5) is 2.40. The first kappa shape index (κ1) is 17.7. The van der Waals surface area contributed by atoms with Crippen molar-refractivity contribution in [2.24, 2.45) is 0 Å². The van der Waals surface area contributed by atoms with E-state index in [1.165, 1.54) is 5.56 Å². The minimum Gasteiger partial charge on any atom is -0.288 e. The summed E-state index contributed by atoms with van der Waals surface area (Å²) in [5.74, 6) is 9.69. The minimum absolute atomic E-state index is 0.831. The van der Waals surface area contributed by atoms with E-state index in [0.29, 0.717) is 0 Å². The van der Waals surface area contributed by atoms with Crippen molar-refractivity contribution in [2.75, 3.05) is 19.3 Å². The van der Waals surface area contributed by atoms with Crippen LogP contribution in [0.1, 0.15) is 38.2 Å². The molecule has 0 heterocycles. The summed E-state index contributed by atoms with van der Waals surface area (Å²) in [5, 5.41) is 3.08. The lowest BCUT2D eigenvalue weighted by Crippen LogP contribution is -2.24. The molecule has 0 aliphatic carbocycles. The van der Waals surface area contributed by atoms with Gasteiger partial charge in [0.25, 0.3) is 0 Å². The summed E-state index contributed by atoms with van der Waals surface area (Å²) < 4.78 is 0. The Labute approximate surface area is 134 Å². The Morgan fingerprint density at radius 1 is 1.05 bits per heavy atom. The van der Waals surface area contributed by atoms with Gasteiger partial charge in [-0.3, -0.25) is 4.90 Å². The second-order valence-corrected chi connectivity index (χ2v) is 5.50. The Hall–Kier alpha value is -1.35. The molecule has 0 aliphatic rings. The van der Waals surface area contributed by atoms with E-state index >= 15 is 0 Å². The van der Waals surface area contributed by atoms with Crippen LogP contribution >= 0.6 is 11.8 Å². The Bertz CT molecular complexity index is 487. The maximum atomic E-state index is 3.26. The number of nitrogens with zero attached hydrogens (tertiary/aromatic N) is 1. The third kappa shape index (κ3) is 9.24. The summed E-state index contributed by atoms with van der Waals surface area (Å²) in [6.07, 6.45) is 6.29. The number of rotatable bonds is 7. The molecule has 0 saturated heterocycles. The van der Waals surface area contributed by atoms with Gasteiger partial charge in [0.1, 0.15) is 0 Å². The fourth-order valence-electron chi connectivity index (χ4n) is 1.96. The van der Waals surface area contributed by atoms with Gasteiger partial charge in [-0.1, -0.05) is 54.9 Å². The molecule has 0 N–H and O–H groups in total. The third-order valence-electron chi connectivity index (χ3n) is 3.00. The van der Waals surface area contributed by atoms with E-state index in [1.54, 1.807) is 11.8 Å². The fraction of sp³-hybridized carbons (Fsp3) is 0.474. The fourth-order valence-corrected chi connectivity index (χ4v) is 2.17. The van der Waals surface area contributed by atoms with Crippen molar-refractivity contribution >= 4 is 11.8 Å². The summed E-state index contributed by atoms with van der Waals surface area (Å²) in [7, 11) is 0. The molecule has 0 amide bonds. The van der Waals surface area contributed by atoms with E-state index < -0.39 is 0 Å². The molecular formula is C19H25NS. The molecule has 0 aromatic heterocycles. The number of benzene rings is 1. The molecule has 1 rings (SSSR count). The van der Waals surface area contributed by atoms with Gasteiger partial charge in [-0.25, -0.2) is 0 Å². The molecule has 0 bridgehead atoms. The lowest BCUT2D eigenvalue weighted by molar-refractivity contribution is 0.296. The number of unbranched alkanes of at least 4 members (excludes halogenated alkanes) is 2. The highest BCUT2D eigenvalue weighted by atomic mass is 32.2. The van der Waals surface area contributed by atoms with Crippen LogP contribution in [0.2, 0.25) is 0 Å². The molecule has 0 aliphatic heterocycles. The summed E-state index contributed by atoms with van der Waals surface area (Å²) in [6, 6.07) is 10.6. The van der Waals surface area contributed by atoms with E-state index in [2.05, 4.69) is 65.2 Å². The van der Waals surface area contributed by atoms with Crippen LogP contribution < -0.4 is 0 Å². The molecule has 0 atom stereocenters. The van der Waals surface area contributed by atoms with Crippen molar-refractivity contribution in [2.45, 2.75) is 39.2 Å². The van der Waals surface area contributed by atoms with Gasteiger partial charge in [-0.05, 0) is 29.9 Å². The Morgan fingerprint density at radius 3 is 2.52 bits per heavy atom. The van der Waals surface area contributed by atoms with Crippen LogP contribution in [0.4, 0.5) is 0 Å². The van der Waals surface area contributed by atoms with Gasteiger partial charge in [0.05, 0.1) is 6.54 Å². The van der Waals surface area contributed by atoms with E-state index in [-0.39, 0.29) is 0 Å². The second kappa shape index (κ2) is 12.4. The van der Waals surface area contributed by atoms with Crippen LogP contribution in [0.25, 0.3) is 0 Å². The number of hydrogen-bond acceptors (Lipinski definition) is 2. The van der Waals surface area contributed by atoms with Gasteiger partial charge in [0, 0.05) is 25.9 Å². The highest BCUT2D eigenvalue weighted by Gasteiger charge is 2.03. The zero-order chi connectivity index (χ0) is 15.2. The predicted molar refractivity (Wildman–Crippen MR) is 94.9 cm³/mol. The lowest BCUT2D eigenvalue weighted by Gasteiger charge is -2.19. The number of thioether (sulfide) groups is 1. The lowest BCUT2D eigenvalue weighted by atomic mass is 10.2. The van der Waals surface area contributed by atoms with Gasteiger partial charge in [0.15, 0.2) is 0 Å². The average molecular weight is 299 g/mol. The monoisotopic (exact) mass is 299 g/mol. The minimum atomic E-state index is 0.831. The summed E-state index contributed by atoms with van der Waals surface area (Å²) >= 11 is 1.58. The first-order valence-corrected chi connectivity index (χ1v) is 8.82. The van der Waals surface area contributed by atoms with Crippen LogP contribution in [0.15, 0.2) is 30.3 Å². The zero-order valence-electron chi connectivity index (χ0n) is 13.2. The number of hydrogen-bond donors (Lipinski definition) is 0. The average Bonchev–Trinajstić information content (AvgIpc) is 2.51. The quantitative estimate of drug-likeness (QED) is 0.542. The molecule has 112 valence electrons. The molecule has 2 heteroatoms. The van der Waals surface area contributed by atoms with Crippen molar-refractivity contribution < 1.29 is 0 Å². The molecule has 0 spiro atoms. The van der Waals surface area contributed by atoms with E-state index in [9.17, 15) is 0 Å². The van der Waals surface area contributed by atoms with Crippen molar-refractivity contribution in [3.63, 3.8) is 0 Å². The first-order chi connectivity index (χ1) is 10.4. The molecule has 0 saturated carbocycles. The largest absolute Gasteiger partial charge is 0.288 e. The van der Waals surface area contributed by atoms with Crippen molar-refractivity contribution in [1.29, 1.82) is 0 Å². The normalized spacial score (nSPS) is 9.67. The van der Waals surface area contributed by atoms with Crippen LogP contribution in [0.5, 0.6) is 0 Å². The third-order valence-corrected chi connectivity index (χ3v) is 3.35. The van der Waals surface area contributed by atoms with Crippen molar-refractivity contribution in [3.05, 3.63) is 35.9 Å². The molecule has 1 aromatic carbocycles. The topological polar surface area (TPSA) is 3.24 Å². The Kier molecular flexibility index (Phi) is 10.4. The van der Waals surface area contributed by atoms with Crippen LogP contribution in [0, 0.1) is 23.0 Å². The predicted octanol–water partition coefficient (Wildman–Crippen LogP) is 4.40. The van der Waals surface area contributed by atoms with Crippen molar-refractivity contribution in [1.82, 2.24) is 4.90 Å². The van der Waals surface area contributed by atoms with Crippen molar-refractivity contribution in [3.8, 4) is 23.0 Å². The van der Waals surface area contributed by atoms with E-state index in [0.717, 1.165) is 45.3 Å². The maximum absolute atomic E-state index is 3.26. The highest BCUT2D eigenvalue weighted by Crippen LogP contribution is 2.05. The molecular weight excluding hydrogens is 274 g/mol. The summed E-state index contributed by atoms with van der Waals surface area (Å²) in [5.41, 5.74) is 1.35. The standard InChI is InChI=1S/C19H25NS/c1-3-4-5-6-7-11-15-20(16-12-17-21-2)18-19-13-9-8-10-14-19/h8-10,13-14H,3-4,7,11,15-16,18H2,1-2H3. The van der Waals surface area contributed by atoms with Crippen LogP contribution in [0.3, 0.4) is 0 Å². The molecule has 21 heavy (non-hydrogen) atoms. The molecule has 0 unspecified atom stereocenters.